The first-order chi connectivity index (χ1) is 9.15. The van der Waals surface area contributed by atoms with Crippen molar-refractivity contribution < 1.29 is 4.79 Å². The number of nitrogens with zero attached hydrogens (tertiary/aromatic N) is 1. The molecule has 0 atom stereocenters. The lowest BCUT2D eigenvalue weighted by molar-refractivity contribution is 0.250. The van der Waals surface area contributed by atoms with Crippen LogP contribution in [-0.2, 0) is 0 Å². The summed E-state index contributed by atoms with van der Waals surface area (Å²) in [5.74, 6) is 0. The van der Waals surface area contributed by atoms with Gasteiger partial charge in [-0.05, 0) is 26.0 Å². The van der Waals surface area contributed by atoms with E-state index in [0.717, 1.165) is 11.3 Å². The zero-order valence-corrected chi connectivity index (χ0v) is 11.1. The molecule has 0 fully saturated rings. The molecular weight excluding hydrogens is 238 g/mol. The van der Waals surface area contributed by atoms with Gasteiger partial charge in [0.05, 0.1) is 17.6 Å². The predicted molar refractivity (Wildman–Crippen MR) is 77.0 cm³/mol. The number of nitrogens with one attached hydrogen (secondary N) is 2. The van der Waals surface area contributed by atoms with E-state index < -0.39 is 0 Å². The Bertz CT molecular complexity index is 535. The fourth-order valence-corrected chi connectivity index (χ4v) is 1.68. The van der Waals surface area contributed by atoms with E-state index in [0.29, 0.717) is 5.69 Å². The normalized spacial score (nSPS) is 10.3. The minimum Gasteiger partial charge on any atom is -0.336 e. The smallest absolute Gasteiger partial charge is 0.319 e. The molecule has 0 aliphatic rings. The zero-order chi connectivity index (χ0) is 13.7. The van der Waals surface area contributed by atoms with E-state index in [1.165, 1.54) is 0 Å². The number of anilines is 1. The first kappa shape index (κ1) is 13.1. The first-order valence-electron chi connectivity index (χ1n) is 6.24. The van der Waals surface area contributed by atoms with Gasteiger partial charge >= 0.3 is 6.03 Å². The molecule has 2 aromatic rings. The molecule has 0 spiro atoms. The van der Waals surface area contributed by atoms with Crippen molar-refractivity contribution in [1.29, 1.82) is 0 Å². The maximum atomic E-state index is 11.5. The molecule has 0 bridgehead atoms. The predicted octanol–water partition coefficient (Wildman–Crippen LogP) is 3.28. The van der Waals surface area contributed by atoms with Crippen LogP contribution < -0.4 is 10.6 Å². The van der Waals surface area contributed by atoms with E-state index in [-0.39, 0.29) is 12.1 Å². The van der Waals surface area contributed by atoms with Crippen molar-refractivity contribution in [3.63, 3.8) is 0 Å². The quantitative estimate of drug-likeness (QED) is 0.884. The highest BCUT2D eigenvalue weighted by molar-refractivity contribution is 5.89. The summed E-state index contributed by atoms with van der Waals surface area (Å²) >= 11 is 0. The molecule has 2 N–H and O–H groups in total. The van der Waals surface area contributed by atoms with Gasteiger partial charge in [-0.1, -0.05) is 30.3 Å². The molecule has 1 heterocycles. The fourth-order valence-electron chi connectivity index (χ4n) is 1.68. The van der Waals surface area contributed by atoms with E-state index >= 15 is 0 Å². The third-order valence-corrected chi connectivity index (χ3v) is 2.51. The van der Waals surface area contributed by atoms with Gasteiger partial charge in [0.25, 0.3) is 0 Å². The van der Waals surface area contributed by atoms with Gasteiger partial charge in [0.1, 0.15) is 0 Å². The average Bonchev–Trinajstić information content (AvgIpc) is 2.39. The molecule has 0 aliphatic heterocycles. The van der Waals surface area contributed by atoms with Crippen LogP contribution in [0.5, 0.6) is 0 Å². The zero-order valence-electron chi connectivity index (χ0n) is 11.1. The molecule has 4 heteroatoms. The Labute approximate surface area is 112 Å². The van der Waals surface area contributed by atoms with Gasteiger partial charge in [-0.15, -0.1) is 0 Å². The highest BCUT2D eigenvalue weighted by Gasteiger charge is 2.04. The van der Waals surface area contributed by atoms with Crippen molar-refractivity contribution in [2.45, 2.75) is 19.9 Å². The van der Waals surface area contributed by atoms with Crippen molar-refractivity contribution in [3.05, 3.63) is 48.7 Å². The lowest BCUT2D eigenvalue weighted by Gasteiger charge is -2.10. The van der Waals surface area contributed by atoms with Crippen LogP contribution in [0.2, 0.25) is 0 Å². The van der Waals surface area contributed by atoms with E-state index in [1.807, 2.05) is 56.3 Å². The van der Waals surface area contributed by atoms with Crippen LogP contribution in [-0.4, -0.2) is 17.1 Å². The Morgan fingerprint density at radius 2 is 1.84 bits per heavy atom. The number of hydrogen-bond donors (Lipinski definition) is 2. The summed E-state index contributed by atoms with van der Waals surface area (Å²) in [5, 5.41) is 5.50. The second-order valence-electron chi connectivity index (χ2n) is 4.55. The number of amides is 2. The van der Waals surface area contributed by atoms with Gasteiger partial charge in [-0.2, -0.15) is 0 Å². The molecule has 19 heavy (non-hydrogen) atoms. The van der Waals surface area contributed by atoms with Crippen LogP contribution in [0.3, 0.4) is 0 Å². The van der Waals surface area contributed by atoms with E-state index in [4.69, 9.17) is 0 Å². The molecule has 0 saturated heterocycles. The van der Waals surface area contributed by atoms with Crippen LogP contribution in [0.4, 0.5) is 10.5 Å². The van der Waals surface area contributed by atoms with Crippen molar-refractivity contribution in [2.75, 3.05) is 5.32 Å². The van der Waals surface area contributed by atoms with Crippen LogP contribution in [0, 0.1) is 0 Å². The number of hydrogen-bond acceptors (Lipinski definition) is 2. The molecule has 2 rings (SSSR count). The summed E-state index contributed by atoms with van der Waals surface area (Å²) in [6, 6.07) is 13.5. The maximum absolute atomic E-state index is 11.5. The number of carbonyl (C=O) groups is 1. The summed E-state index contributed by atoms with van der Waals surface area (Å²) < 4.78 is 0. The SMILES string of the molecule is CC(C)NC(=O)Nc1ccc(-c2ccccc2)nc1. The third-order valence-electron chi connectivity index (χ3n) is 2.51. The topological polar surface area (TPSA) is 54.0 Å². The molecule has 1 aromatic heterocycles. The highest BCUT2D eigenvalue weighted by Crippen LogP contribution is 2.17. The van der Waals surface area contributed by atoms with Crippen molar-refractivity contribution in [1.82, 2.24) is 10.3 Å². The highest BCUT2D eigenvalue weighted by atomic mass is 16.2. The van der Waals surface area contributed by atoms with E-state index in [2.05, 4.69) is 15.6 Å². The molecule has 0 saturated carbocycles. The number of urea groups is 1. The summed E-state index contributed by atoms with van der Waals surface area (Å²) in [5.41, 5.74) is 2.62. The van der Waals surface area contributed by atoms with Gasteiger partial charge < -0.3 is 10.6 Å². The van der Waals surface area contributed by atoms with Crippen molar-refractivity contribution >= 4 is 11.7 Å². The van der Waals surface area contributed by atoms with Crippen LogP contribution >= 0.6 is 0 Å². The van der Waals surface area contributed by atoms with Gasteiger partial charge in [0.2, 0.25) is 0 Å². The number of carbonyl (C=O) groups excluding carboxylic acids is 1. The van der Waals surface area contributed by atoms with Gasteiger partial charge in [-0.25, -0.2) is 4.79 Å². The fraction of sp³-hybridized carbons (Fsp3) is 0.200. The average molecular weight is 255 g/mol. The largest absolute Gasteiger partial charge is 0.336 e. The molecule has 1 aromatic carbocycles. The summed E-state index contributed by atoms with van der Waals surface area (Å²) in [4.78, 5) is 15.9. The molecule has 2 amide bonds. The van der Waals surface area contributed by atoms with E-state index in [9.17, 15) is 4.79 Å². The van der Waals surface area contributed by atoms with Crippen molar-refractivity contribution in [2.24, 2.45) is 0 Å². The lowest BCUT2D eigenvalue weighted by Crippen LogP contribution is -2.34. The second kappa shape index (κ2) is 6.00. The third kappa shape index (κ3) is 3.81. The van der Waals surface area contributed by atoms with Crippen LogP contribution in [0.1, 0.15) is 13.8 Å². The van der Waals surface area contributed by atoms with Crippen molar-refractivity contribution in [3.8, 4) is 11.3 Å². The molecule has 0 radical (unpaired) electrons. The minimum atomic E-state index is -0.218. The minimum absolute atomic E-state index is 0.108. The van der Waals surface area contributed by atoms with Gasteiger partial charge in [0, 0.05) is 11.6 Å². The lowest BCUT2D eigenvalue weighted by atomic mass is 10.1. The second-order valence-corrected chi connectivity index (χ2v) is 4.55. The Morgan fingerprint density at radius 3 is 2.42 bits per heavy atom. The molecule has 4 nitrogen and oxygen atoms in total. The Kier molecular flexibility index (Phi) is 4.13. The standard InChI is InChI=1S/C15H17N3O/c1-11(2)17-15(19)18-13-8-9-14(16-10-13)12-6-4-3-5-7-12/h3-11H,1-2H3,(H2,17,18,19). The van der Waals surface area contributed by atoms with Crippen LogP contribution in [0.15, 0.2) is 48.7 Å². The number of rotatable bonds is 3. The molecule has 0 aliphatic carbocycles. The number of aromatic nitrogens is 1. The summed E-state index contributed by atoms with van der Waals surface area (Å²) in [6.45, 7) is 3.83. The monoisotopic (exact) mass is 255 g/mol. The molecule has 98 valence electrons. The molecule has 0 unspecified atom stereocenters. The maximum Gasteiger partial charge on any atom is 0.319 e. The Hall–Kier alpha value is -2.36. The van der Waals surface area contributed by atoms with Gasteiger partial charge in [0.15, 0.2) is 0 Å². The van der Waals surface area contributed by atoms with E-state index in [1.54, 1.807) is 6.20 Å². The Balaban J connectivity index is 2.05. The van der Waals surface area contributed by atoms with Crippen LogP contribution in [0.25, 0.3) is 11.3 Å². The van der Waals surface area contributed by atoms with Gasteiger partial charge in [-0.3, -0.25) is 4.98 Å². The Morgan fingerprint density at radius 1 is 1.11 bits per heavy atom. The first-order valence-corrected chi connectivity index (χ1v) is 6.24. The number of pyridine rings is 1. The summed E-state index contributed by atoms with van der Waals surface area (Å²) in [7, 11) is 0. The summed E-state index contributed by atoms with van der Waals surface area (Å²) in [6.07, 6.45) is 1.66. The number of benzene rings is 1. The molecular formula is C15H17N3O.